The number of carboxylic acid groups (broad SMARTS) is 2. The molecule has 4 nitrogen and oxygen atoms in total. The smallest absolute Gasteiger partial charge is 0.0414 e. The molecule has 0 aromatic heterocycles. The average Bonchev–Trinajstić information content (AvgIpc) is 2.84. The van der Waals surface area contributed by atoms with E-state index in [-0.39, 0.29) is 18.3 Å². The third-order valence-corrected chi connectivity index (χ3v) is 5.64. The Morgan fingerprint density at radius 3 is 1.56 bits per heavy atom. The molecule has 0 N–H and O–H groups in total. The van der Waals surface area contributed by atoms with Crippen molar-refractivity contribution in [1.29, 1.82) is 0 Å². The van der Waals surface area contributed by atoms with Crippen molar-refractivity contribution in [2.75, 3.05) is 0 Å². The van der Waals surface area contributed by atoms with E-state index in [4.69, 9.17) is 0 Å². The van der Waals surface area contributed by atoms with Gasteiger partial charge in [-0.1, -0.05) is 47.5 Å². The van der Waals surface area contributed by atoms with Crippen LogP contribution in [-0.2, 0) is 15.0 Å². The van der Waals surface area contributed by atoms with Gasteiger partial charge in [-0.2, -0.15) is 0 Å². The number of benzene rings is 2. The molecule has 0 heterocycles. The molecule has 0 spiro atoms. The zero-order valence-corrected chi connectivity index (χ0v) is 15.8. The Hall–Kier alpha value is -2.62. The summed E-state index contributed by atoms with van der Waals surface area (Å²) in [4.78, 5) is 22.0. The fourth-order valence-electron chi connectivity index (χ4n) is 4.46. The minimum atomic E-state index is -1.05. The number of carbonyl (C=O) groups is 2. The van der Waals surface area contributed by atoms with Gasteiger partial charge in [-0.25, -0.2) is 0 Å². The molecule has 1 aliphatic carbocycles. The maximum atomic E-state index is 11.0. The first-order valence-electron chi connectivity index (χ1n) is 9.46. The molecule has 4 heteroatoms. The monoisotopic (exact) mass is 364 g/mol. The molecule has 142 valence electrons. The first kappa shape index (κ1) is 19.2. The normalized spacial score (nSPS) is 13.9. The highest BCUT2D eigenvalue weighted by molar-refractivity contribution is 5.81. The molecule has 0 atom stereocenters. The lowest BCUT2D eigenvalue weighted by Crippen LogP contribution is -2.29. The van der Waals surface area contributed by atoms with Gasteiger partial charge < -0.3 is 19.8 Å². The third kappa shape index (κ3) is 3.75. The molecule has 27 heavy (non-hydrogen) atoms. The first-order valence-corrected chi connectivity index (χ1v) is 9.46. The van der Waals surface area contributed by atoms with Gasteiger partial charge in [0.25, 0.3) is 0 Å². The van der Waals surface area contributed by atoms with E-state index in [1.165, 1.54) is 11.1 Å². The van der Waals surface area contributed by atoms with Crippen molar-refractivity contribution in [2.24, 2.45) is 0 Å². The zero-order chi connectivity index (χ0) is 19.6. The van der Waals surface area contributed by atoms with Gasteiger partial charge >= 0.3 is 0 Å². The number of hydrogen-bond acceptors (Lipinski definition) is 4. The van der Waals surface area contributed by atoms with Crippen LogP contribution in [0.15, 0.2) is 36.4 Å². The Bertz CT molecular complexity index is 808. The Morgan fingerprint density at radius 1 is 0.778 bits per heavy atom. The molecule has 3 rings (SSSR count). The van der Waals surface area contributed by atoms with Crippen LogP contribution >= 0.6 is 0 Å². The van der Waals surface area contributed by atoms with E-state index in [0.717, 1.165) is 22.3 Å². The fourth-order valence-corrected chi connectivity index (χ4v) is 4.46. The number of aryl methyl sites for hydroxylation is 2. The van der Waals surface area contributed by atoms with E-state index in [1.807, 2.05) is 13.8 Å². The second kappa shape index (κ2) is 7.55. The van der Waals surface area contributed by atoms with Gasteiger partial charge in [0.15, 0.2) is 0 Å². The van der Waals surface area contributed by atoms with Crippen LogP contribution in [-0.4, -0.2) is 11.9 Å². The van der Waals surface area contributed by atoms with Crippen molar-refractivity contribution in [3.63, 3.8) is 0 Å². The summed E-state index contributed by atoms with van der Waals surface area (Å²) in [5.74, 6) is -2.10. The largest absolute Gasteiger partial charge is 0.550 e. The maximum Gasteiger partial charge on any atom is 0.0414 e. The van der Waals surface area contributed by atoms with Crippen LogP contribution in [0, 0.1) is 13.8 Å². The van der Waals surface area contributed by atoms with Crippen molar-refractivity contribution < 1.29 is 19.8 Å². The molecule has 0 unspecified atom stereocenters. The number of rotatable bonds is 8. The minimum absolute atomic E-state index is 0.00450. The molecule has 0 radical (unpaired) electrons. The molecule has 0 bridgehead atoms. The highest BCUT2D eigenvalue weighted by atomic mass is 16.4. The number of hydrogen-bond donors (Lipinski definition) is 0. The van der Waals surface area contributed by atoms with E-state index in [1.54, 1.807) is 0 Å². The molecule has 0 saturated carbocycles. The van der Waals surface area contributed by atoms with E-state index in [9.17, 15) is 19.8 Å². The van der Waals surface area contributed by atoms with Crippen molar-refractivity contribution in [1.82, 2.24) is 0 Å². The van der Waals surface area contributed by atoms with E-state index in [0.29, 0.717) is 25.7 Å². The lowest BCUT2D eigenvalue weighted by Gasteiger charge is -2.33. The molecule has 0 aliphatic heterocycles. The van der Waals surface area contributed by atoms with Crippen LogP contribution in [0.4, 0.5) is 0 Å². The SMILES string of the molecule is Cc1ccc2c(c1)C(CCCC(=O)[O-])(CCCC(=O)[O-])c1cc(C)ccc1-2. The molecule has 2 aromatic rings. The van der Waals surface area contributed by atoms with Crippen LogP contribution < -0.4 is 10.2 Å². The van der Waals surface area contributed by atoms with Gasteiger partial charge in [0.2, 0.25) is 0 Å². The van der Waals surface area contributed by atoms with Crippen molar-refractivity contribution in [2.45, 2.75) is 57.8 Å². The molecule has 0 amide bonds. The van der Waals surface area contributed by atoms with Crippen LogP contribution in [0.5, 0.6) is 0 Å². The highest BCUT2D eigenvalue weighted by Crippen LogP contribution is 2.54. The zero-order valence-electron chi connectivity index (χ0n) is 15.8. The number of fused-ring (bicyclic) bond motifs is 3. The van der Waals surface area contributed by atoms with Crippen LogP contribution in [0.25, 0.3) is 11.1 Å². The topological polar surface area (TPSA) is 80.3 Å². The highest BCUT2D eigenvalue weighted by Gasteiger charge is 2.42. The van der Waals surface area contributed by atoms with Gasteiger partial charge in [-0.3, -0.25) is 0 Å². The molecular weight excluding hydrogens is 340 g/mol. The van der Waals surface area contributed by atoms with Gasteiger partial charge in [-0.05, 0) is 74.6 Å². The van der Waals surface area contributed by atoms with E-state index < -0.39 is 11.9 Å². The molecule has 2 aromatic carbocycles. The Kier molecular flexibility index (Phi) is 5.36. The first-order chi connectivity index (χ1) is 12.8. The van der Waals surface area contributed by atoms with Gasteiger partial charge in [0.05, 0.1) is 0 Å². The minimum Gasteiger partial charge on any atom is -0.550 e. The summed E-state index contributed by atoms with van der Waals surface area (Å²) in [7, 11) is 0. The summed E-state index contributed by atoms with van der Waals surface area (Å²) in [6, 6.07) is 12.8. The number of carbonyl (C=O) groups excluding carboxylic acids is 2. The van der Waals surface area contributed by atoms with Crippen molar-refractivity contribution in [3.8, 4) is 11.1 Å². The Balaban J connectivity index is 2.11. The van der Waals surface area contributed by atoms with Gasteiger partial charge in [-0.15, -0.1) is 0 Å². The summed E-state index contributed by atoms with van der Waals surface area (Å²) in [5, 5.41) is 22.0. The van der Waals surface area contributed by atoms with Crippen molar-refractivity contribution in [3.05, 3.63) is 58.7 Å². The third-order valence-electron chi connectivity index (χ3n) is 5.64. The Morgan fingerprint density at radius 2 is 1.19 bits per heavy atom. The van der Waals surface area contributed by atoms with E-state index >= 15 is 0 Å². The van der Waals surface area contributed by atoms with Crippen molar-refractivity contribution >= 4 is 11.9 Å². The fraction of sp³-hybridized carbons (Fsp3) is 0.391. The molecule has 0 saturated heterocycles. The lowest BCUT2D eigenvalue weighted by molar-refractivity contribution is -0.307. The van der Waals surface area contributed by atoms with E-state index in [2.05, 4.69) is 36.4 Å². The van der Waals surface area contributed by atoms with Gasteiger partial charge in [0.1, 0.15) is 0 Å². The average molecular weight is 364 g/mol. The molecule has 0 fully saturated rings. The number of aliphatic carboxylic acids is 2. The quantitative estimate of drug-likeness (QED) is 0.720. The summed E-state index contributed by atoms with van der Waals surface area (Å²) < 4.78 is 0. The van der Waals surface area contributed by atoms with Crippen LogP contribution in [0.2, 0.25) is 0 Å². The molecular formula is C23H24O4-2. The predicted octanol–water partition coefficient (Wildman–Crippen LogP) is 2.41. The molecule has 1 aliphatic rings. The van der Waals surface area contributed by atoms with Crippen LogP contribution in [0.3, 0.4) is 0 Å². The second-order valence-electron chi connectivity index (χ2n) is 7.63. The maximum absolute atomic E-state index is 11.0. The van der Waals surface area contributed by atoms with Crippen LogP contribution in [0.1, 0.15) is 60.8 Å². The second-order valence-corrected chi connectivity index (χ2v) is 7.63. The summed E-state index contributed by atoms with van der Waals surface area (Å²) in [6.07, 6.45) is 2.31. The standard InChI is InChI=1S/C23H26O4/c1-15-7-9-17-18-10-8-16(2)14-20(18)23(19(17)13-15,11-3-5-21(24)25)12-4-6-22(26)27/h7-10,13-14H,3-6,11-12H2,1-2H3,(H,24,25)(H,26,27)/p-2. The Labute approximate surface area is 159 Å². The summed E-state index contributed by atoms with van der Waals surface area (Å²) >= 11 is 0. The summed E-state index contributed by atoms with van der Waals surface area (Å²) in [6.45, 7) is 4.09. The number of carboxylic acids is 2. The lowest BCUT2D eigenvalue weighted by atomic mass is 9.70. The predicted molar refractivity (Wildman–Crippen MR) is 99.8 cm³/mol. The van der Waals surface area contributed by atoms with Gasteiger partial charge in [0, 0.05) is 17.4 Å². The summed E-state index contributed by atoms with van der Waals surface area (Å²) in [5.41, 5.74) is 6.60.